The van der Waals surface area contributed by atoms with Crippen LogP contribution in [0.4, 0.5) is 5.69 Å². The van der Waals surface area contributed by atoms with Gasteiger partial charge in [-0.05, 0) is 54.2 Å². The number of imide groups is 2. The molecule has 0 aliphatic carbocycles. The molecule has 10 nitrogen and oxygen atoms in total. The molecule has 2 aromatic carbocycles. The molecule has 1 aromatic heterocycles. The summed E-state index contributed by atoms with van der Waals surface area (Å²) < 4.78 is 0. The summed E-state index contributed by atoms with van der Waals surface area (Å²) in [7, 11) is 0. The first-order chi connectivity index (χ1) is 20.8. The van der Waals surface area contributed by atoms with E-state index in [0.717, 1.165) is 54.4 Å². The van der Waals surface area contributed by atoms with E-state index in [1.807, 2.05) is 18.2 Å². The summed E-state index contributed by atoms with van der Waals surface area (Å²) in [6.45, 7) is 8.39. The summed E-state index contributed by atoms with van der Waals surface area (Å²) in [6.07, 6.45) is 3.31. The van der Waals surface area contributed by atoms with Gasteiger partial charge in [0.25, 0.3) is 11.8 Å². The zero-order valence-electron chi connectivity index (χ0n) is 23.9. The van der Waals surface area contributed by atoms with Crippen molar-refractivity contribution in [2.24, 2.45) is 5.73 Å². The van der Waals surface area contributed by atoms with Crippen molar-refractivity contribution in [2.75, 3.05) is 31.1 Å². The Morgan fingerprint density at radius 3 is 2.40 bits per heavy atom. The average molecular weight is 579 g/mol. The third kappa shape index (κ3) is 5.78. The molecule has 2 saturated heterocycles. The van der Waals surface area contributed by atoms with Crippen LogP contribution in [0.3, 0.4) is 0 Å². The second kappa shape index (κ2) is 11.8. The minimum Gasteiger partial charge on any atom is -0.397 e. The number of carbonyl (C=O) groups is 4. The largest absolute Gasteiger partial charge is 0.397 e. The van der Waals surface area contributed by atoms with Crippen LogP contribution in [-0.2, 0) is 29.0 Å². The Morgan fingerprint density at radius 1 is 0.930 bits per heavy atom. The maximum absolute atomic E-state index is 13.4. The molecule has 3 aromatic rings. The van der Waals surface area contributed by atoms with Gasteiger partial charge in [-0.3, -0.25) is 39.3 Å². The monoisotopic (exact) mass is 578 g/mol. The van der Waals surface area contributed by atoms with Crippen LogP contribution in [0.5, 0.6) is 0 Å². The number of aryl methyl sites for hydroxylation is 2. The van der Waals surface area contributed by atoms with Gasteiger partial charge in [-0.2, -0.15) is 0 Å². The van der Waals surface area contributed by atoms with Crippen molar-refractivity contribution >= 4 is 35.0 Å². The third-order valence-corrected chi connectivity index (χ3v) is 8.48. The van der Waals surface area contributed by atoms with Gasteiger partial charge in [-0.1, -0.05) is 43.0 Å². The van der Waals surface area contributed by atoms with E-state index < -0.39 is 23.8 Å². The topological polar surface area (TPSA) is 129 Å². The number of rotatable bonds is 8. The normalized spacial score (nSPS) is 19.0. The number of nitrogens with two attached hydrogens (primary N) is 1. The molecule has 43 heavy (non-hydrogen) atoms. The molecule has 2 fully saturated rings. The fourth-order valence-electron chi connectivity index (χ4n) is 6.10. The average Bonchev–Trinajstić information content (AvgIpc) is 3.27. The van der Waals surface area contributed by atoms with Crippen LogP contribution >= 0.6 is 0 Å². The maximum Gasteiger partial charge on any atom is 0.262 e. The summed E-state index contributed by atoms with van der Waals surface area (Å²) in [5.41, 5.74) is 12.0. The van der Waals surface area contributed by atoms with Crippen molar-refractivity contribution in [2.45, 2.75) is 38.3 Å². The van der Waals surface area contributed by atoms with Crippen LogP contribution in [0.1, 0.15) is 55.9 Å². The smallest absolute Gasteiger partial charge is 0.262 e. The van der Waals surface area contributed by atoms with Crippen LogP contribution in [0.25, 0.3) is 5.70 Å². The van der Waals surface area contributed by atoms with E-state index in [1.165, 1.54) is 5.56 Å². The van der Waals surface area contributed by atoms with Gasteiger partial charge in [0, 0.05) is 51.0 Å². The number of carbonyl (C=O) groups excluding carboxylic acids is 4. The zero-order valence-corrected chi connectivity index (χ0v) is 23.9. The summed E-state index contributed by atoms with van der Waals surface area (Å²) >= 11 is 0. The van der Waals surface area contributed by atoms with Crippen LogP contribution in [-0.4, -0.2) is 70.6 Å². The van der Waals surface area contributed by atoms with E-state index in [1.54, 1.807) is 18.3 Å². The number of benzene rings is 2. The van der Waals surface area contributed by atoms with E-state index in [0.29, 0.717) is 35.4 Å². The van der Waals surface area contributed by atoms with Gasteiger partial charge < -0.3 is 10.6 Å². The second-order valence-corrected chi connectivity index (χ2v) is 11.3. The van der Waals surface area contributed by atoms with Gasteiger partial charge in [0.05, 0.1) is 22.5 Å². The first-order valence-electron chi connectivity index (χ1n) is 14.6. The highest BCUT2D eigenvalue weighted by Crippen LogP contribution is 2.30. The summed E-state index contributed by atoms with van der Waals surface area (Å²) in [5.74, 6) is -1.93. The lowest BCUT2D eigenvalue weighted by Gasteiger charge is -2.36. The standard InChI is InChI=1S/C33H34N6O4/c1-21(34)27-19-25(13-14-35-27)38-17-15-37(16-18-38)20-23-7-5-22(6-8-23)9-10-24-3-2-4-26-30(24)33(43)39(32(26)42)28-11-12-29(40)36-31(28)41/h2-8,13-14,19,28H,1,9-12,15-18,20,34H2,(H,36,40,41). The van der Waals surface area contributed by atoms with E-state index in [-0.39, 0.29) is 18.7 Å². The molecule has 3 aliphatic heterocycles. The highest BCUT2D eigenvalue weighted by Gasteiger charge is 2.45. The molecular formula is C33H34N6O4. The number of anilines is 1. The van der Waals surface area contributed by atoms with Gasteiger partial charge in [0.1, 0.15) is 6.04 Å². The molecule has 0 bridgehead atoms. The number of hydrogen-bond donors (Lipinski definition) is 2. The van der Waals surface area contributed by atoms with Gasteiger partial charge >= 0.3 is 0 Å². The Kier molecular flexibility index (Phi) is 7.77. The number of nitrogens with zero attached hydrogens (tertiary/aromatic N) is 4. The molecule has 6 rings (SSSR count). The number of hydrogen-bond acceptors (Lipinski definition) is 8. The molecule has 220 valence electrons. The molecule has 1 unspecified atom stereocenters. The maximum atomic E-state index is 13.4. The SMILES string of the molecule is C=C(N)c1cc(N2CCN(Cc3ccc(CCc4cccc5c4C(=O)N(C4CCC(=O)NC4=O)C5=O)cc3)CC2)ccn1. The fourth-order valence-corrected chi connectivity index (χ4v) is 6.10. The molecular weight excluding hydrogens is 544 g/mol. The molecule has 3 N–H and O–H groups in total. The molecule has 0 radical (unpaired) electrons. The van der Waals surface area contributed by atoms with Gasteiger partial charge in [0.15, 0.2) is 0 Å². The fraction of sp³-hybridized carbons (Fsp3) is 0.303. The minimum atomic E-state index is -0.964. The number of aromatic nitrogens is 1. The molecule has 4 amide bonds. The second-order valence-electron chi connectivity index (χ2n) is 11.3. The minimum absolute atomic E-state index is 0.0985. The number of piperidine rings is 1. The Morgan fingerprint density at radius 2 is 1.67 bits per heavy atom. The molecule has 10 heteroatoms. The van der Waals surface area contributed by atoms with Crippen molar-refractivity contribution in [3.05, 3.63) is 101 Å². The van der Waals surface area contributed by atoms with Crippen molar-refractivity contribution in [3.8, 4) is 0 Å². The lowest BCUT2D eigenvalue weighted by Crippen LogP contribution is -2.54. The van der Waals surface area contributed by atoms with Gasteiger partial charge in [0.2, 0.25) is 11.8 Å². The quantitative estimate of drug-likeness (QED) is 0.390. The number of fused-ring (bicyclic) bond motifs is 1. The predicted octanol–water partition coefficient (Wildman–Crippen LogP) is 2.52. The lowest BCUT2D eigenvalue weighted by molar-refractivity contribution is -0.136. The first kappa shape index (κ1) is 28.3. The molecule has 3 aliphatic rings. The highest BCUT2D eigenvalue weighted by molar-refractivity contribution is 6.24. The molecule has 0 spiro atoms. The van der Waals surface area contributed by atoms with E-state index >= 15 is 0 Å². The number of piperazine rings is 1. The van der Waals surface area contributed by atoms with Crippen LogP contribution in [0.2, 0.25) is 0 Å². The third-order valence-electron chi connectivity index (χ3n) is 8.48. The highest BCUT2D eigenvalue weighted by atomic mass is 16.2. The Labute approximate surface area is 250 Å². The van der Waals surface area contributed by atoms with E-state index in [9.17, 15) is 19.2 Å². The summed E-state index contributed by atoms with van der Waals surface area (Å²) in [5, 5.41) is 2.24. The molecule has 0 saturated carbocycles. The lowest BCUT2D eigenvalue weighted by atomic mass is 9.96. The van der Waals surface area contributed by atoms with Crippen LogP contribution in [0, 0.1) is 0 Å². The summed E-state index contributed by atoms with van der Waals surface area (Å²) in [6, 6.07) is 16.8. The molecule has 4 heterocycles. The number of amides is 4. The molecule has 1 atom stereocenters. The van der Waals surface area contributed by atoms with Gasteiger partial charge in [-0.25, -0.2) is 0 Å². The zero-order chi connectivity index (χ0) is 30.1. The summed E-state index contributed by atoms with van der Waals surface area (Å²) in [4.78, 5) is 60.5. The van der Waals surface area contributed by atoms with Crippen molar-refractivity contribution < 1.29 is 19.2 Å². The Hall–Kier alpha value is -4.83. The van der Waals surface area contributed by atoms with E-state index in [2.05, 4.69) is 50.9 Å². The van der Waals surface area contributed by atoms with Crippen molar-refractivity contribution in [1.82, 2.24) is 20.1 Å². The Balaban J connectivity index is 1.04. The van der Waals surface area contributed by atoms with Crippen LogP contribution < -0.4 is 16.0 Å². The number of pyridine rings is 1. The first-order valence-corrected chi connectivity index (χ1v) is 14.6. The van der Waals surface area contributed by atoms with Crippen LogP contribution in [0.15, 0.2) is 67.4 Å². The van der Waals surface area contributed by atoms with Gasteiger partial charge in [-0.15, -0.1) is 0 Å². The van der Waals surface area contributed by atoms with Crippen molar-refractivity contribution in [3.63, 3.8) is 0 Å². The predicted molar refractivity (Wildman–Crippen MR) is 162 cm³/mol. The van der Waals surface area contributed by atoms with E-state index in [4.69, 9.17) is 5.73 Å². The van der Waals surface area contributed by atoms with Crippen molar-refractivity contribution in [1.29, 1.82) is 0 Å². The Bertz CT molecular complexity index is 1610. The number of nitrogens with one attached hydrogen (secondary N) is 1.